The molecule has 8 heteroatoms. The van der Waals surface area contributed by atoms with E-state index < -0.39 is 0 Å². The Morgan fingerprint density at radius 3 is 2.58 bits per heavy atom. The van der Waals surface area contributed by atoms with Crippen LogP contribution in [0.15, 0.2) is 30.5 Å². The first-order valence-corrected chi connectivity index (χ1v) is 9.45. The fourth-order valence-corrected chi connectivity index (χ4v) is 3.19. The van der Waals surface area contributed by atoms with Gasteiger partial charge in [0, 0.05) is 12.7 Å². The van der Waals surface area contributed by atoms with E-state index in [1.807, 2.05) is 18.2 Å². The van der Waals surface area contributed by atoms with Crippen molar-refractivity contribution in [3.8, 4) is 11.4 Å². The summed E-state index contributed by atoms with van der Waals surface area (Å²) in [4.78, 5) is 13.7. The molecule has 0 radical (unpaired) electrons. The first-order valence-electron chi connectivity index (χ1n) is 8.32. The van der Waals surface area contributed by atoms with Crippen LogP contribution in [-0.4, -0.2) is 28.0 Å². The van der Waals surface area contributed by atoms with Crippen molar-refractivity contribution in [1.82, 2.24) is 15.0 Å². The van der Waals surface area contributed by atoms with Gasteiger partial charge in [0.05, 0.1) is 26.3 Å². The lowest BCUT2D eigenvalue weighted by Gasteiger charge is -2.13. The average molecular weight is 411 g/mol. The van der Waals surface area contributed by atoms with Gasteiger partial charge in [-0.25, -0.2) is 9.97 Å². The molecule has 0 atom stereocenters. The van der Waals surface area contributed by atoms with Crippen LogP contribution in [0.3, 0.4) is 0 Å². The highest BCUT2D eigenvalue weighted by Gasteiger charge is 2.17. The molecule has 0 unspecified atom stereocenters. The molecular weight excluding hydrogens is 393 g/mol. The lowest BCUT2D eigenvalue weighted by Crippen LogP contribution is -2.08. The van der Waals surface area contributed by atoms with Crippen molar-refractivity contribution in [3.05, 3.63) is 45.5 Å². The summed E-state index contributed by atoms with van der Waals surface area (Å²) in [5.41, 5.74) is 7.94. The van der Waals surface area contributed by atoms with Gasteiger partial charge in [-0.1, -0.05) is 47.3 Å². The lowest BCUT2D eigenvalue weighted by atomic mass is 10.2. The Kier molecular flexibility index (Phi) is 6.48. The van der Waals surface area contributed by atoms with Gasteiger partial charge in [0.2, 0.25) is 0 Å². The molecule has 0 spiro atoms. The quantitative estimate of drug-likeness (QED) is 0.414. The highest BCUT2D eigenvalue weighted by molar-refractivity contribution is 6.50. The second kappa shape index (κ2) is 8.82. The molecule has 2 heterocycles. The second-order valence-corrected chi connectivity index (χ2v) is 6.93. The van der Waals surface area contributed by atoms with E-state index in [0.29, 0.717) is 39.8 Å². The third-order valence-electron chi connectivity index (χ3n) is 3.88. The number of hydrogen-bond acceptors (Lipinski definition) is 5. The van der Waals surface area contributed by atoms with Crippen LogP contribution in [0.5, 0.6) is 0 Å². The fourth-order valence-electron chi connectivity index (χ4n) is 2.56. The Hall–Kier alpha value is -1.66. The monoisotopic (exact) mass is 409 g/mol. The zero-order valence-electron chi connectivity index (χ0n) is 14.0. The van der Waals surface area contributed by atoms with Crippen LogP contribution in [0.1, 0.15) is 19.3 Å². The summed E-state index contributed by atoms with van der Waals surface area (Å²) >= 11 is 18.6. The van der Waals surface area contributed by atoms with Crippen molar-refractivity contribution in [2.45, 2.75) is 19.3 Å². The Morgan fingerprint density at radius 2 is 1.85 bits per heavy atom. The predicted molar refractivity (Wildman–Crippen MR) is 109 cm³/mol. The summed E-state index contributed by atoms with van der Waals surface area (Å²) in [6.07, 6.45) is 4.75. The largest absolute Gasteiger partial charge is 0.368 e. The standard InChI is InChI=1S/C18H18Cl3N5/c19-11-10-13-16(15(21)14(11)20)26-17(12-6-2-5-8-23-12)18(25-13)24-9-4-1-3-7-22/h2,5-6,8,10H,1,3-4,7,9,22H2,(H,24,25). The number of benzene rings is 1. The zero-order valence-corrected chi connectivity index (χ0v) is 16.2. The molecule has 0 aliphatic carbocycles. The molecule has 2 aromatic heterocycles. The van der Waals surface area contributed by atoms with Crippen molar-refractivity contribution in [2.24, 2.45) is 5.73 Å². The van der Waals surface area contributed by atoms with Gasteiger partial charge in [-0.3, -0.25) is 4.98 Å². The number of fused-ring (bicyclic) bond motifs is 1. The normalized spacial score (nSPS) is 11.1. The lowest BCUT2D eigenvalue weighted by molar-refractivity contribution is 0.706. The van der Waals surface area contributed by atoms with Crippen LogP contribution in [-0.2, 0) is 0 Å². The number of aromatic nitrogens is 3. The number of nitrogens with one attached hydrogen (secondary N) is 1. The van der Waals surface area contributed by atoms with Gasteiger partial charge in [0.1, 0.15) is 11.2 Å². The molecule has 0 aliphatic rings. The van der Waals surface area contributed by atoms with Crippen molar-refractivity contribution in [1.29, 1.82) is 0 Å². The minimum absolute atomic E-state index is 0.268. The smallest absolute Gasteiger partial charge is 0.155 e. The van der Waals surface area contributed by atoms with E-state index in [1.54, 1.807) is 12.3 Å². The van der Waals surface area contributed by atoms with Gasteiger partial charge in [0.25, 0.3) is 0 Å². The third kappa shape index (κ3) is 4.18. The second-order valence-electron chi connectivity index (χ2n) is 5.77. The van der Waals surface area contributed by atoms with Crippen LogP contribution in [0.4, 0.5) is 5.82 Å². The van der Waals surface area contributed by atoms with E-state index in [9.17, 15) is 0 Å². The molecule has 0 fully saturated rings. The maximum absolute atomic E-state index is 6.33. The number of halogens is 3. The molecule has 5 nitrogen and oxygen atoms in total. The van der Waals surface area contributed by atoms with Gasteiger partial charge in [-0.05, 0) is 37.6 Å². The summed E-state index contributed by atoms with van der Waals surface area (Å²) in [5.74, 6) is 0.637. The number of rotatable bonds is 7. The average Bonchev–Trinajstić information content (AvgIpc) is 2.66. The number of nitrogens with zero attached hydrogens (tertiary/aromatic N) is 3. The highest BCUT2D eigenvalue weighted by Crippen LogP contribution is 2.37. The van der Waals surface area contributed by atoms with Crippen LogP contribution in [0.25, 0.3) is 22.4 Å². The number of anilines is 1. The van der Waals surface area contributed by atoms with Gasteiger partial charge < -0.3 is 11.1 Å². The van der Waals surface area contributed by atoms with E-state index in [1.165, 1.54) is 0 Å². The highest BCUT2D eigenvalue weighted by atomic mass is 35.5. The molecule has 3 aromatic rings. The summed E-state index contributed by atoms with van der Waals surface area (Å²) < 4.78 is 0. The minimum Gasteiger partial charge on any atom is -0.368 e. The molecule has 26 heavy (non-hydrogen) atoms. The summed E-state index contributed by atoms with van der Waals surface area (Å²) in [5, 5.41) is 4.24. The summed E-state index contributed by atoms with van der Waals surface area (Å²) in [6.45, 7) is 1.46. The van der Waals surface area contributed by atoms with E-state index in [0.717, 1.165) is 25.8 Å². The maximum atomic E-state index is 6.33. The molecule has 3 N–H and O–H groups in total. The van der Waals surface area contributed by atoms with E-state index >= 15 is 0 Å². The molecule has 1 aromatic carbocycles. The number of hydrogen-bond donors (Lipinski definition) is 2. The van der Waals surface area contributed by atoms with E-state index in [2.05, 4.69) is 20.3 Å². The SMILES string of the molecule is NCCCCCNc1nc2cc(Cl)c(Cl)c(Cl)c2nc1-c1ccccn1. The number of pyridine rings is 1. The first-order chi connectivity index (χ1) is 12.6. The van der Waals surface area contributed by atoms with E-state index in [4.69, 9.17) is 40.5 Å². The molecular formula is C18H18Cl3N5. The summed E-state index contributed by atoms with van der Waals surface area (Å²) in [6, 6.07) is 7.29. The van der Waals surface area contributed by atoms with Crippen molar-refractivity contribution >= 4 is 51.7 Å². The Morgan fingerprint density at radius 1 is 1.00 bits per heavy atom. The minimum atomic E-state index is 0.268. The predicted octanol–water partition coefficient (Wildman–Crippen LogP) is 5.19. The number of nitrogens with two attached hydrogens (primary N) is 1. The molecule has 0 bridgehead atoms. The van der Waals surface area contributed by atoms with Crippen molar-refractivity contribution < 1.29 is 0 Å². The van der Waals surface area contributed by atoms with Crippen LogP contribution >= 0.6 is 34.8 Å². The molecule has 0 saturated heterocycles. The molecule has 0 amide bonds. The van der Waals surface area contributed by atoms with Crippen molar-refractivity contribution in [3.63, 3.8) is 0 Å². The Bertz CT molecular complexity index is 902. The number of unbranched alkanes of at least 4 members (excludes halogenated alkanes) is 2. The molecule has 136 valence electrons. The maximum Gasteiger partial charge on any atom is 0.155 e. The molecule has 0 saturated carbocycles. The fraction of sp³-hybridized carbons (Fsp3) is 0.278. The summed E-state index contributed by atoms with van der Waals surface area (Å²) in [7, 11) is 0. The van der Waals surface area contributed by atoms with Gasteiger partial charge >= 0.3 is 0 Å². The van der Waals surface area contributed by atoms with Gasteiger partial charge in [-0.15, -0.1) is 0 Å². The zero-order chi connectivity index (χ0) is 18.5. The van der Waals surface area contributed by atoms with Crippen LogP contribution < -0.4 is 11.1 Å². The Labute approximate surface area is 166 Å². The van der Waals surface area contributed by atoms with Crippen molar-refractivity contribution in [2.75, 3.05) is 18.4 Å². The first kappa shape index (κ1) is 19.1. The van der Waals surface area contributed by atoms with Crippen LogP contribution in [0, 0.1) is 0 Å². The molecule has 0 aliphatic heterocycles. The van der Waals surface area contributed by atoms with Gasteiger partial charge in [-0.2, -0.15) is 0 Å². The van der Waals surface area contributed by atoms with Crippen LogP contribution in [0.2, 0.25) is 15.1 Å². The third-order valence-corrected chi connectivity index (χ3v) is 5.13. The van der Waals surface area contributed by atoms with Gasteiger partial charge in [0.15, 0.2) is 5.82 Å². The van der Waals surface area contributed by atoms with E-state index in [-0.39, 0.29) is 10.0 Å². The molecule has 3 rings (SSSR count). The topological polar surface area (TPSA) is 76.7 Å². The Balaban J connectivity index is 2.03.